The van der Waals surface area contributed by atoms with Crippen molar-refractivity contribution in [3.05, 3.63) is 28.2 Å². The second-order valence-corrected chi connectivity index (χ2v) is 11.9. The number of rotatable bonds is 9. The van der Waals surface area contributed by atoms with E-state index in [1.807, 2.05) is 6.07 Å². The molecule has 1 aromatic rings. The van der Waals surface area contributed by atoms with Gasteiger partial charge in [-0.1, -0.05) is 15.9 Å². The number of ether oxygens (including phenoxy) is 1. The van der Waals surface area contributed by atoms with Crippen LogP contribution in [0.4, 0.5) is 0 Å². The third-order valence-electron chi connectivity index (χ3n) is 6.90. The molecule has 1 aliphatic heterocycles. The fourth-order valence-electron chi connectivity index (χ4n) is 4.83. The van der Waals surface area contributed by atoms with Crippen molar-refractivity contribution in [1.29, 1.82) is 0 Å². The lowest BCUT2D eigenvalue weighted by atomic mass is 9.84. The number of benzene rings is 1. The maximum Gasteiger partial charge on any atom is 0.211 e. The van der Waals surface area contributed by atoms with Gasteiger partial charge in [0.05, 0.1) is 12.9 Å². The molecule has 7 heteroatoms. The summed E-state index contributed by atoms with van der Waals surface area (Å²) >= 11 is 3.69. The van der Waals surface area contributed by atoms with Crippen molar-refractivity contribution < 1.29 is 13.2 Å². The maximum atomic E-state index is 11.7. The molecule has 1 aliphatic carbocycles. The van der Waals surface area contributed by atoms with Crippen LogP contribution < -0.4 is 9.46 Å². The minimum Gasteiger partial charge on any atom is -0.497 e. The molecule has 1 saturated carbocycles. The number of halogens is 1. The Morgan fingerprint density at radius 1 is 1.10 bits per heavy atom. The van der Waals surface area contributed by atoms with E-state index in [2.05, 4.69) is 37.7 Å². The first-order chi connectivity index (χ1) is 14.4. The lowest BCUT2D eigenvalue weighted by Gasteiger charge is -2.34. The first kappa shape index (κ1) is 24.0. The Bertz CT molecular complexity index is 771. The van der Waals surface area contributed by atoms with Gasteiger partial charge in [-0.2, -0.15) is 0 Å². The summed E-state index contributed by atoms with van der Waals surface area (Å²) in [6, 6.07) is 6.40. The Morgan fingerprint density at radius 2 is 1.80 bits per heavy atom. The molecule has 30 heavy (non-hydrogen) atoms. The number of hydrogen-bond acceptors (Lipinski definition) is 4. The summed E-state index contributed by atoms with van der Waals surface area (Å²) in [6.45, 7) is 5.27. The van der Waals surface area contributed by atoms with Crippen LogP contribution in [-0.2, 0) is 16.4 Å². The van der Waals surface area contributed by atoms with Crippen LogP contribution in [0.25, 0.3) is 0 Å². The highest BCUT2D eigenvalue weighted by molar-refractivity contribution is 9.10. The zero-order valence-electron chi connectivity index (χ0n) is 18.4. The Labute approximate surface area is 191 Å². The number of sulfonamides is 1. The highest BCUT2D eigenvalue weighted by atomic mass is 79.9. The summed E-state index contributed by atoms with van der Waals surface area (Å²) in [5.41, 5.74) is 1.35. The van der Waals surface area contributed by atoms with Crippen LogP contribution in [0.15, 0.2) is 22.7 Å². The van der Waals surface area contributed by atoms with E-state index in [0.29, 0.717) is 0 Å². The zero-order valence-corrected chi connectivity index (χ0v) is 20.8. The van der Waals surface area contributed by atoms with Crippen LogP contribution in [0.1, 0.15) is 57.4 Å². The average Bonchev–Trinajstić information content (AvgIpc) is 2.75. The van der Waals surface area contributed by atoms with Crippen LogP contribution in [0, 0.1) is 11.8 Å². The van der Waals surface area contributed by atoms with E-state index in [1.165, 1.54) is 48.9 Å². The van der Waals surface area contributed by atoms with E-state index in [9.17, 15) is 8.42 Å². The van der Waals surface area contributed by atoms with Crippen molar-refractivity contribution in [1.82, 2.24) is 9.62 Å². The quantitative estimate of drug-likeness (QED) is 0.538. The van der Waals surface area contributed by atoms with Gasteiger partial charge < -0.3 is 9.64 Å². The molecule has 170 valence electrons. The standard InChI is InChI=1S/C23H37BrN2O3S/c1-3-30(27,28)25-21-6-4-18(5-7-21)10-13-26-14-11-19(12-15-26)16-20-17-22(29-2)8-9-23(20)24/h8-9,17-19,21,25H,3-7,10-16H2,1-2H3. The Kier molecular flexibility index (Phi) is 9.05. The topological polar surface area (TPSA) is 58.6 Å². The zero-order chi connectivity index (χ0) is 21.6. The van der Waals surface area contributed by atoms with E-state index in [4.69, 9.17) is 4.74 Å². The molecular weight excluding hydrogens is 464 g/mol. The van der Waals surface area contributed by atoms with Gasteiger partial charge in [-0.05, 0) is 114 Å². The Balaban J connectivity index is 1.35. The summed E-state index contributed by atoms with van der Waals surface area (Å²) in [4.78, 5) is 2.63. The number of piperidine rings is 1. The summed E-state index contributed by atoms with van der Waals surface area (Å²) in [5, 5.41) is 0. The predicted molar refractivity (Wildman–Crippen MR) is 127 cm³/mol. The van der Waals surface area contributed by atoms with Gasteiger partial charge in [-0.25, -0.2) is 13.1 Å². The number of methoxy groups -OCH3 is 1. The molecule has 3 rings (SSSR count). The minimum absolute atomic E-state index is 0.151. The van der Waals surface area contributed by atoms with Crippen molar-refractivity contribution in [2.45, 2.75) is 64.3 Å². The van der Waals surface area contributed by atoms with Crippen molar-refractivity contribution in [2.75, 3.05) is 32.5 Å². The van der Waals surface area contributed by atoms with Gasteiger partial charge in [-0.3, -0.25) is 0 Å². The van der Waals surface area contributed by atoms with E-state index in [1.54, 1.807) is 14.0 Å². The fourth-order valence-corrected chi connectivity index (χ4v) is 6.15. The predicted octanol–water partition coefficient (Wildman–Crippen LogP) is 4.60. The second-order valence-electron chi connectivity index (χ2n) is 8.97. The molecule has 0 amide bonds. The summed E-state index contributed by atoms with van der Waals surface area (Å²) in [7, 11) is -1.35. The van der Waals surface area contributed by atoms with Gasteiger partial charge in [0.25, 0.3) is 0 Å². The minimum atomic E-state index is -3.07. The molecule has 1 saturated heterocycles. The van der Waals surface area contributed by atoms with Crippen molar-refractivity contribution in [3.63, 3.8) is 0 Å². The highest BCUT2D eigenvalue weighted by Gasteiger charge is 2.25. The molecule has 0 aromatic heterocycles. The van der Waals surface area contributed by atoms with Crippen LogP contribution in [0.2, 0.25) is 0 Å². The van der Waals surface area contributed by atoms with E-state index >= 15 is 0 Å². The van der Waals surface area contributed by atoms with Gasteiger partial charge in [0, 0.05) is 10.5 Å². The molecule has 1 heterocycles. The third-order valence-corrected chi connectivity index (χ3v) is 9.12. The third kappa shape index (κ3) is 7.21. The van der Waals surface area contributed by atoms with Crippen molar-refractivity contribution >= 4 is 26.0 Å². The molecule has 5 nitrogen and oxygen atoms in total. The molecule has 2 fully saturated rings. The van der Waals surface area contributed by atoms with Crippen molar-refractivity contribution in [2.24, 2.45) is 11.8 Å². The van der Waals surface area contributed by atoms with Crippen LogP contribution >= 0.6 is 15.9 Å². The van der Waals surface area contributed by atoms with E-state index < -0.39 is 10.0 Å². The summed E-state index contributed by atoms with van der Waals surface area (Å²) in [5.74, 6) is 2.60. The molecule has 0 atom stereocenters. The number of hydrogen-bond donors (Lipinski definition) is 1. The fraction of sp³-hybridized carbons (Fsp3) is 0.739. The van der Waals surface area contributed by atoms with Gasteiger partial charge >= 0.3 is 0 Å². The summed E-state index contributed by atoms with van der Waals surface area (Å²) in [6.07, 6.45) is 9.16. The van der Waals surface area contributed by atoms with Crippen LogP contribution in [0.5, 0.6) is 5.75 Å². The first-order valence-electron chi connectivity index (χ1n) is 11.4. The molecule has 0 unspecified atom stereocenters. The molecular formula is C23H37BrN2O3S. The van der Waals surface area contributed by atoms with Crippen LogP contribution in [-0.4, -0.2) is 51.9 Å². The monoisotopic (exact) mass is 500 g/mol. The largest absolute Gasteiger partial charge is 0.497 e. The molecule has 2 aliphatic rings. The smallest absolute Gasteiger partial charge is 0.211 e. The molecule has 0 bridgehead atoms. The lowest BCUT2D eigenvalue weighted by Crippen LogP contribution is -2.39. The number of nitrogens with one attached hydrogen (secondary N) is 1. The Hall–Kier alpha value is -0.630. The second kappa shape index (κ2) is 11.3. The average molecular weight is 502 g/mol. The van der Waals surface area contributed by atoms with Crippen molar-refractivity contribution in [3.8, 4) is 5.75 Å². The maximum absolute atomic E-state index is 11.7. The lowest BCUT2D eigenvalue weighted by molar-refractivity contribution is 0.164. The summed E-state index contributed by atoms with van der Waals surface area (Å²) < 4.78 is 32.9. The number of nitrogens with zero attached hydrogens (tertiary/aromatic N) is 1. The van der Waals surface area contributed by atoms with Gasteiger partial charge in [0.1, 0.15) is 5.75 Å². The Morgan fingerprint density at radius 3 is 2.43 bits per heavy atom. The van der Waals surface area contributed by atoms with E-state index in [0.717, 1.165) is 49.7 Å². The molecule has 1 N–H and O–H groups in total. The van der Waals surface area contributed by atoms with Gasteiger partial charge in [0.15, 0.2) is 0 Å². The SMILES string of the molecule is CCS(=O)(=O)NC1CCC(CCN2CCC(Cc3cc(OC)ccc3Br)CC2)CC1. The molecule has 1 aromatic carbocycles. The number of likely N-dealkylation sites (tertiary alicyclic amines) is 1. The first-order valence-corrected chi connectivity index (χ1v) is 13.9. The van der Waals surface area contributed by atoms with E-state index in [-0.39, 0.29) is 11.8 Å². The molecule has 0 radical (unpaired) electrons. The normalized spacial score (nSPS) is 24.1. The van der Waals surface area contributed by atoms with Gasteiger partial charge in [-0.15, -0.1) is 0 Å². The van der Waals surface area contributed by atoms with Gasteiger partial charge in [0.2, 0.25) is 10.0 Å². The van der Waals surface area contributed by atoms with Crippen LogP contribution in [0.3, 0.4) is 0 Å². The highest BCUT2D eigenvalue weighted by Crippen LogP contribution is 2.30. The molecule has 0 spiro atoms.